The zero-order valence-corrected chi connectivity index (χ0v) is 32.3. The van der Waals surface area contributed by atoms with E-state index in [9.17, 15) is 36.4 Å². The highest BCUT2D eigenvalue weighted by Gasteiger charge is 2.62. The summed E-state index contributed by atoms with van der Waals surface area (Å²) in [5.74, 6) is -3.55. The van der Waals surface area contributed by atoms with E-state index in [0.717, 1.165) is 24.2 Å². The number of amides is 3. The summed E-state index contributed by atoms with van der Waals surface area (Å²) in [6.45, 7) is 1.49. The van der Waals surface area contributed by atoms with Gasteiger partial charge >= 0.3 is 0 Å². The molecule has 2 aromatic heterocycles. The third-order valence-electron chi connectivity index (χ3n) is 11.8. The van der Waals surface area contributed by atoms with Crippen LogP contribution in [0.2, 0.25) is 0 Å². The molecule has 2 aromatic carbocycles. The van der Waals surface area contributed by atoms with Crippen LogP contribution in [0.4, 0.5) is 8.78 Å². The quantitative estimate of drug-likeness (QED) is 0.175. The van der Waals surface area contributed by atoms with E-state index in [-0.39, 0.29) is 43.1 Å². The molecule has 294 valence electrons. The van der Waals surface area contributed by atoms with E-state index in [1.807, 2.05) is 12.2 Å². The first-order valence-electron chi connectivity index (χ1n) is 18.9. The molecule has 12 nitrogen and oxygen atoms in total. The van der Waals surface area contributed by atoms with Crippen LogP contribution in [0.5, 0.6) is 5.88 Å². The lowest BCUT2D eigenvalue weighted by Crippen LogP contribution is -2.52. The number of carbonyl (C=O) groups is 4. The fourth-order valence-corrected chi connectivity index (χ4v) is 9.87. The molecule has 8 rings (SSSR count). The van der Waals surface area contributed by atoms with Gasteiger partial charge in [0.2, 0.25) is 27.7 Å². The maximum atomic E-state index is 14.6. The Kier molecular flexibility index (Phi) is 9.92. The van der Waals surface area contributed by atoms with Gasteiger partial charge in [0, 0.05) is 29.7 Å². The fraction of sp³-hybridized carbons (Fsp3) is 0.450. The summed E-state index contributed by atoms with van der Waals surface area (Å²) in [7, 11) is -3.99. The van der Waals surface area contributed by atoms with Gasteiger partial charge < -0.3 is 15.0 Å². The number of carbonyl (C=O) groups excluding carboxylic acids is 4. The standard InChI is InChI=1S/C40H41F2N5O7S2/c1-39(13-14-39)56(52,53)46-38(51)40-18-23(40)7-5-3-2-4-6-8-30(44-35(49)34-20-43-22-55-34)37(50)47-21-26(17-32(47)33(48)19-40)54-36-28-12-10-24(41)15-29(28)27-11-9-25(42)16-31(27)45-36/h5,7,9-12,15-16,20,22-23,26,30,32H,2-4,6,8,13-14,17-19,21H2,1H3,(H,44,49)(H,46,51)/b7-5-/t23-,26-,30+,32+,40-/m1/s1. The van der Waals surface area contributed by atoms with Gasteiger partial charge in [0.15, 0.2) is 5.78 Å². The number of Topliss-reactive ketones (excluding diaryl/α,β-unsaturated/α-hetero) is 1. The van der Waals surface area contributed by atoms with Crippen LogP contribution in [-0.2, 0) is 24.4 Å². The highest BCUT2D eigenvalue weighted by Crippen LogP contribution is 2.57. The van der Waals surface area contributed by atoms with E-state index in [4.69, 9.17) is 4.74 Å². The van der Waals surface area contributed by atoms with Crippen LogP contribution in [0.15, 0.2) is 60.3 Å². The summed E-state index contributed by atoms with van der Waals surface area (Å²) in [6, 6.07) is 5.94. The molecule has 2 aliphatic carbocycles. The van der Waals surface area contributed by atoms with Gasteiger partial charge in [-0.15, -0.1) is 11.3 Å². The molecule has 4 heterocycles. The van der Waals surface area contributed by atoms with Crippen molar-refractivity contribution in [3.63, 3.8) is 0 Å². The predicted molar refractivity (Wildman–Crippen MR) is 204 cm³/mol. The zero-order valence-electron chi connectivity index (χ0n) is 30.6. The molecule has 2 N–H and O–H groups in total. The number of pyridine rings is 1. The maximum absolute atomic E-state index is 14.6. The topological polar surface area (TPSA) is 165 Å². The molecule has 0 spiro atoms. The largest absolute Gasteiger partial charge is 0.472 e. The van der Waals surface area contributed by atoms with Gasteiger partial charge in [-0.3, -0.25) is 28.9 Å². The minimum Gasteiger partial charge on any atom is -0.472 e. The van der Waals surface area contributed by atoms with Crippen molar-refractivity contribution in [1.29, 1.82) is 0 Å². The number of fused-ring (bicyclic) bond motifs is 5. The number of hydrogen-bond donors (Lipinski definition) is 2. The number of ether oxygens (including phenoxy) is 1. The lowest BCUT2D eigenvalue weighted by atomic mass is 9.91. The van der Waals surface area contributed by atoms with Crippen molar-refractivity contribution in [2.24, 2.45) is 11.3 Å². The molecule has 3 fully saturated rings. The number of allylic oxidation sites excluding steroid dienone is 2. The number of hydrogen-bond acceptors (Lipinski definition) is 10. The molecule has 16 heteroatoms. The van der Waals surface area contributed by atoms with Crippen LogP contribution < -0.4 is 14.8 Å². The van der Waals surface area contributed by atoms with Gasteiger partial charge in [0.05, 0.1) is 40.0 Å². The molecule has 2 saturated carbocycles. The van der Waals surface area contributed by atoms with Gasteiger partial charge in [-0.25, -0.2) is 22.2 Å². The van der Waals surface area contributed by atoms with E-state index in [1.54, 1.807) is 6.92 Å². The van der Waals surface area contributed by atoms with Crippen molar-refractivity contribution < 1.29 is 41.1 Å². The number of nitrogens with one attached hydrogen (secondary N) is 2. The van der Waals surface area contributed by atoms with Gasteiger partial charge in [-0.05, 0) is 87.1 Å². The summed E-state index contributed by atoms with van der Waals surface area (Å²) in [5, 5.41) is 4.24. The number of benzene rings is 2. The van der Waals surface area contributed by atoms with E-state index < -0.39 is 73.5 Å². The maximum Gasteiger partial charge on any atom is 0.263 e. The van der Waals surface area contributed by atoms with Gasteiger partial charge in [0.25, 0.3) is 5.91 Å². The number of rotatable bonds is 7. The van der Waals surface area contributed by atoms with Crippen LogP contribution in [0.1, 0.15) is 80.8 Å². The SMILES string of the molecule is CC1(S(=O)(=O)NC(=O)[C@]23CC(=O)[C@@H]4C[C@@H](Oc5nc6cc(F)ccc6c6cc(F)ccc56)CN4C(=O)[C@@H](NC(=O)c4cncs4)CCCCC/C=C\[C@@H]2C3)CC1. The molecule has 56 heavy (non-hydrogen) atoms. The summed E-state index contributed by atoms with van der Waals surface area (Å²) in [6.07, 6.45) is 8.33. The third kappa shape index (κ3) is 7.28. The second-order valence-electron chi connectivity index (χ2n) is 15.7. The summed E-state index contributed by atoms with van der Waals surface area (Å²) in [5.41, 5.74) is 0.405. The molecule has 0 unspecified atom stereocenters. The number of ketones is 1. The Balaban J connectivity index is 1.14. The Hall–Kier alpha value is -4.83. The second-order valence-corrected chi connectivity index (χ2v) is 18.8. The highest BCUT2D eigenvalue weighted by atomic mass is 32.2. The van der Waals surface area contributed by atoms with Crippen LogP contribution >= 0.6 is 11.3 Å². The van der Waals surface area contributed by atoms with Crippen molar-refractivity contribution in [2.75, 3.05) is 6.54 Å². The first-order chi connectivity index (χ1) is 26.8. The molecule has 5 atom stereocenters. The van der Waals surface area contributed by atoms with Crippen molar-refractivity contribution in [3.05, 3.63) is 76.8 Å². The van der Waals surface area contributed by atoms with Crippen LogP contribution in [0, 0.1) is 23.0 Å². The number of aromatic nitrogens is 2. The molecule has 1 saturated heterocycles. The summed E-state index contributed by atoms with van der Waals surface area (Å²) >= 11 is 1.13. The first-order valence-corrected chi connectivity index (χ1v) is 21.2. The Morgan fingerprint density at radius 3 is 2.54 bits per heavy atom. The van der Waals surface area contributed by atoms with Crippen molar-refractivity contribution in [1.82, 2.24) is 24.9 Å². The number of halogens is 2. The molecule has 4 aromatic rings. The van der Waals surface area contributed by atoms with Gasteiger partial charge in [-0.1, -0.05) is 25.0 Å². The fourth-order valence-electron chi connectivity index (χ4n) is 8.01. The lowest BCUT2D eigenvalue weighted by Gasteiger charge is -2.29. The Morgan fingerprint density at radius 1 is 1.02 bits per heavy atom. The third-order valence-corrected chi connectivity index (χ3v) is 14.7. The smallest absolute Gasteiger partial charge is 0.263 e. The Morgan fingerprint density at radius 2 is 1.79 bits per heavy atom. The molecule has 0 bridgehead atoms. The number of sulfonamides is 1. The zero-order chi connectivity index (χ0) is 39.4. The average Bonchev–Trinajstić information content (AvgIpc) is 3.90. The average molecular weight is 806 g/mol. The minimum absolute atomic E-state index is 0.0137. The lowest BCUT2D eigenvalue weighted by molar-refractivity contribution is -0.140. The minimum atomic E-state index is -3.99. The highest BCUT2D eigenvalue weighted by molar-refractivity contribution is 7.91. The Labute approximate surface area is 326 Å². The van der Waals surface area contributed by atoms with Crippen molar-refractivity contribution in [2.45, 2.75) is 94.1 Å². The van der Waals surface area contributed by atoms with Crippen LogP contribution in [0.3, 0.4) is 0 Å². The van der Waals surface area contributed by atoms with Crippen LogP contribution in [-0.4, -0.2) is 76.3 Å². The first kappa shape index (κ1) is 38.1. The molecule has 0 radical (unpaired) electrons. The van der Waals surface area contributed by atoms with E-state index in [1.165, 1.54) is 53.0 Å². The molecule has 4 aliphatic rings. The molecule has 2 aliphatic heterocycles. The van der Waals surface area contributed by atoms with Crippen molar-refractivity contribution >= 4 is 66.5 Å². The monoisotopic (exact) mass is 805 g/mol. The second kappa shape index (κ2) is 14.6. The molecular weight excluding hydrogens is 765 g/mol. The normalized spacial score (nSPS) is 27.1. The predicted octanol–water partition coefficient (Wildman–Crippen LogP) is 5.75. The van der Waals surface area contributed by atoms with E-state index in [2.05, 4.69) is 20.0 Å². The van der Waals surface area contributed by atoms with Crippen LogP contribution in [0.25, 0.3) is 21.7 Å². The molecular formula is C40H41F2N5O7S2. The van der Waals surface area contributed by atoms with E-state index in [0.29, 0.717) is 53.1 Å². The Bertz CT molecular complexity index is 2390. The van der Waals surface area contributed by atoms with Crippen molar-refractivity contribution in [3.8, 4) is 5.88 Å². The summed E-state index contributed by atoms with van der Waals surface area (Å²) in [4.78, 5) is 66.6. The van der Waals surface area contributed by atoms with Gasteiger partial charge in [-0.2, -0.15) is 0 Å². The van der Waals surface area contributed by atoms with Gasteiger partial charge in [0.1, 0.15) is 28.7 Å². The molecule has 3 amide bonds. The number of thiazole rings is 1. The summed E-state index contributed by atoms with van der Waals surface area (Å²) < 4.78 is 63.0. The number of nitrogens with zero attached hydrogens (tertiary/aromatic N) is 3. The van der Waals surface area contributed by atoms with E-state index >= 15 is 0 Å².